The molecule has 2 aromatic carbocycles. The van der Waals surface area contributed by atoms with Crippen LogP contribution in [0, 0.1) is 19.3 Å². The number of halogens is 2. The number of carbonyl (C=O) groups excluding carboxylic acids is 1. The molecule has 3 heterocycles. The highest BCUT2D eigenvalue weighted by atomic mass is 32.2. The topological polar surface area (TPSA) is 98.8 Å². The van der Waals surface area contributed by atoms with E-state index in [4.69, 9.17) is 4.74 Å². The van der Waals surface area contributed by atoms with Crippen LogP contribution in [0.15, 0.2) is 35.2 Å². The number of alkyl halides is 2. The maximum absolute atomic E-state index is 13.7. The van der Waals surface area contributed by atoms with Gasteiger partial charge in [-0.1, -0.05) is 6.07 Å². The minimum Gasteiger partial charge on any atom is -0.497 e. The first-order chi connectivity index (χ1) is 20.8. The molecule has 44 heavy (non-hydrogen) atoms. The molecular formula is C32H41F2N5O4S. The van der Waals surface area contributed by atoms with E-state index >= 15 is 0 Å². The number of nitrogens with one attached hydrogen (secondary N) is 1. The third-order valence-electron chi connectivity index (χ3n) is 10.0. The van der Waals surface area contributed by atoms with E-state index in [1.165, 1.54) is 11.4 Å². The van der Waals surface area contributed by atoms with Crippen molar-refractivity contribution >= 4 is 27.0 Å². The lowest BCUT2D eigenvalue weighted by molar-refractivity contribution is -0.153. The van der Waals surface area contributed by atoms with Gasteiger partial charge in [0.25, 0.3) is 11.8 Å². The highest BCUT2D eigenvalue weighted by Gasteiger charge is 2.49. The molecule has 1 amide bonds. The Labute approximate surface area is 257 Å². The average Bonchev–Trinajstić information content (AvgIpc) is 3.38. The first kappa shape index (κ1) is 30.9. The molecule has 3 aliphatic rings. The maximum atomic E-state index is 13.7. The molecule has 0 atom stereocenters. The van der Waals surface area contributed by atoms with Crippen LogP contribution in [0.25, 0.3) is 11.0 Å². The van der Waals surface area contributed by atoms with Crippen LogP contribution in [0.5, 0.6) is 5.75 Å². The molecule has 12 heteroatoms. The van der Waals surface area contributed by atoms with E-state index in [0.29, 0.717) is 52.4 Å². The van der Waals surface area contributed by atoms with Gasteiger partial charge in [0.15, 0.2) is 0 Å². The van der Waals surface area contributed by atoms with E-state index < -0.39 is 15.9 Å². The van der Waals surface area contributed by atoms with Crippen molar-refractivity contribution in [2.75, 3.05) is 40.3 Å². The molecule has 0 unspecified atom stereocenters. The van der Waals surface area contributed by atoms with E-state index in [-0.39, 0.29) is 41.9 Å². The Hall–Kier alpha value is -3.09. The Morgan fingerprint density at radius 2 is 1.73 bits per heavy atom. The highest BCUT2D eigenvalue weighted by Crippen LogP contribution is 2.47. The molecule has 1 aromatic heterocycles. The Balaban J connectivity index is 1.12. The van der Waals surface area contributed by atoms with Crippen molar-refractivity contribution < 1.29 is 26.7 Å². The number of methoxy groups -OCH3 is 1. The predicted molar refractivity (Wildman–Crippen MR) is 164 cm³/mol. The minimum atomic E-state index is -3.82. The normalized spacial score (nSPS) is 20.8. The largest absolute Gasteiger partial charge is 0.497 e. The summed E-state index contributed by atoms with van der Waals surface area (Å²) in [5, 5.41) is 0. The summed E-state index contributed by atoms with van der Waals surface area (Å²) in [6.07, 6.45) is 5.77. The van der Waals surface area contributed by atoms with Crippen molar-refractivity contribution in [3.05, 3.63) is 52.8 Å². The molecule has 238 valence electrons. The first-order valence-electron chi connectivity index (χ1n) is 15.3. The number of aromatic nitrogens is 2. The van der Waals surface area contributed by atoms with Crippen molar-refractivity contribution in [2.24, 2.45) is 5.41 Å². The Morgan fingerprint density at radius 3 is 2.32 bits per heavy atom. The summed E-state index contributed by atoms with van der Waals surface area (Å²) in [5.41, 5.74) is 3.11. The van der Waals surface area contributed by atoms with Gasteiger partial charge in [0.1, 0.15) is 11.6 Å². The summed E-state index contributed by atoms with van der Waals surface area (Å²) in [6, 6.07) is 9.07. The van der Waals surface area contributed by atoms with Gasteiger partial charge in [-0.15, -0.1) is 0 Å². The number of carbonyl (C=O) groups is 1. The van der Waals surface area contributed by atoms with Crippen LogP contribution in [0.1, 0.15) is 65.8 Å². The number of ether oxygens (including phenoxy) is 1. The summed E-state index contributed by atoms with van der Waals surface area (Å²) in [4.78, 5) is 25.6. The molecule has 2 aliphatic heterocycles. The van der Waals surface area contributed by atoms with Crippen molar-refractivity contribution in [3.63, 3.8) is 0 Å². The van der Waals surface area contributed by atoms with Gasteiger partial charge in [-0.3, -0.25) is 9.69 Å². The number of hydrogen-bond donors (Lipinski definition) is 1. The smallest absolute Gasteiger partial charge is 0.272 e. The summed E-state index contributed by atoms with van der Waals surface area (Å²) in [6.45, 7) is 4.61. The third-order valence-corrected chi connectivity index (χ3v) is 12.1. The molecule has 1 aliphatic carbocycles. The monoisotopic (exact) mass is 629 g/mol. The zero-order valence-corrected chi connectivity index (χ0v) is 26.6. The minimum absolute atomic E-state index is 0.0118. The maximum Gasteiger partial charge on any atom is 0.272 e. The van der Waals surface area contributed by atoms with Gasteiger partial charge in [0.2, 0.25) is 10.0 Å². The number of amides is 1. The van der Waals surface area contributed by atoms with Crippen molar-refractivity contribution in [2.45, 2.75) is 75.8 Å². The molecule has 2 saturated heterocycles. The number of nitrogens with zero attached hydrogens (tertiary/aromatic N) is 4. The summed E-state index contributed by atoms with van der Waals surface area (Å²) in [7, 11) is -0.755. The molecular weight excluding hydrogens is 588 g/mol. The molecule has 9 nitrogen and oxygen atoms in total. The van der Waals surface area contributed by atoms with Gasteiger partial charge in [-0.2, -0.15) is 4.31 Å². The summed E-state index contributed by atoms with van der Waals surface area (Å²) >= 11 is 0. The number of aromatic amines is 1. The van der Waals surface area contributed by atoms with E-state index in [9.17, 15) is 22.0 Å². The second-order valence-corrected chi connectivity index (χ2v) is 15.0. The Morgan fingerprint density at radius 1 is 1.09 bits per heavy atom. The fraction of sp³-hybridized carbons (Fsp3) is 0.562. The molecule has 0 bridgehead atoms. The molecule has 1 spiro atoms. The number of likely N-dealkylation sites (tertiary alicyclic amines) is 2. The summed E-state index contributed by atoms with van der Waals surface area (Å²) < 4.78 is 60.3. The first-order valence-corrected chi connectivity index (χ1v) is 16.8. The van der Waals surface area contributed by atoms with Gasteiger partial charge in [0, 0.05) is 26.2 Å². The number of imidazole rings is 1. The van der Waals surface area contributed by atoms with Gasteiger partial charge in [-0.25, -0.2) is 22.2 Å². The Kier molecular flexibility index (Phi) is 7.99. The number of hydrogen-bond acceptors (Lipinski definition) is 6. The number of piperidine rings is 1. The number of sulfonamides is 1. The van der Waals surface area contributed by atoms with Crippen LogP contribution in [-0.4, -0.2) is 90.7 Å². The van der Waals surface area contributed by atoms with Crippen LogP contribution in [0.4, 0.5) is 8.78 Å². The lowest BCUT2D eigenvalue weighted by Gasteiger charge is -2.51. The number of aryl methyl sites for hydroxylation is 2. The molecule has 3 fully saturated rings. The predicted octanol–water partition coefficient (Wildman–Crippen LogP) is 5.12. The van der Waals surface area contributed by atoms with Gasteiger partial charge in [-0.05, 0) is 93.2 Å². The van der Waals surface area contributed by atoms with Crippen LogP contribution < -0.4 is 4.74 Å². The van der Waals surface area contributed by atoms with E-state index in [1.54, 1.807) is 45.2 Å². The quantitative estimate of drug-likeness (QED) is 0.390. The van der Waals surface area contributed by atoms with E-state index in [2.05, 4.69) is 9.97 Å². The van der Waals surface area contributed by atoms with Crippen LogP contribution in [-0.2, 0) is 16.6 Å². The fourth-order valence-corrected chi connectivity index (χ4v) is 9.00. The second-order valence-electron chi connectivity index (χ2n) is 13.0. The molecule has 1 saturated carbocycles. The lowest BCUT2D eigenvalue weighted by atomic mass is 9.66. The van der Waals surface area contributed by atoms with Gasteiger partial charge >= 0.3 is 0 Å². The summed E-state index contributed by atoms with van der Waals surface area (Å²) in [5.74, 6) is -1.54. The average molecular weight is 630 g/mol. The van der Waals surface area contributed by atoms with E-state index in [0.717, 1.165) is 38.5 Å². The van der Waals surface area contributed by atoms with Crippen molar-refractivity contribution in [3.8, 4) is 5.75 Å². The van der Waals surface area contributed by atoms with Gasteiger partial charge < -0.3 is 14.6 Å². The number of H-pyrrole nitrogens is 1. The van der Waals surface area contributed by atoms with Crippen LogP contribution >= 0.6 is 0 Å². The number of fused-ring (bicyclic) bond motifs is 1. The molecule has 6 rings (SSSR count). The van der Waals surface area contributed by atoms with E-state index in [1.807, 2.05) is 15.9 Å². The van der Waals surface area contributed by atoms with Crippen LogP contribution in [0.2, 0.25) is 0 Å². The zero-order valence-electron chi connectivity index (χ0n) is 25.8. The third kappa shape index (κ3) is 5.72. The SMILES string of the molecule is COc1cc(C)c(S(=O)(=O)N(C)Cc2nc3cccc(C(=O)N4CCC5(CCC(N6CC(F)(F)C6)CC5)CC4)c3[nH]2)c(C)c1. The molecule has 0 radical (unpaired) electrons. The second kappa shape index (κ2) is 11.4. The number of para-hydroxylation sites is 1. The van der Waals surface area contributed by atoms with Gasteiger partial charge in [0.05, 0.1) is 48.2 Å². The lowest BCUT2D eigenvalue weighted by Crippen LogP contribution is -2.61. The number of benzene rings is 2. The fourth-order valence-electron chi connectivity index (χ4n) is 7.46. The number of rotatable bonds is 7. The highest BCUT2D eigenvalue weighted by molar-refractivity contribution is 7.89. The Bertz CT molecular complexity index is 1640. The van der Waals surface area contributed by atoms with Crippen molar-refractivity contribution in [1.82, 2.24) is 24.1 Å². The van der Waals surface area contributed by atoms with Crippen LogP contribution in [0.3, 0.4) is 0 Å². The standard InChI is InChI=1S/C32H41F2N5O4S/c1-21-16-24(43-4)17-22(2)29(21)44(41,42)37(3)18-27-35-26-7-5-6-25(28(26)36-27)30(40)38-14-12-31(13-15-38)10-8-23(9-11-31)39-19-32(33,34)20-39/h5-7,16-17,23H,8-15,18-20H2,1-4H3,(H,35,36). The molecule has 1 N–H and O–H groups in total. The van der Waals surface area contributed by atoms with Crippen molar-refractivity contribution in [1.29, 1.82) is 0 Å². The zero-order chi connectivity index (χ0) is 31.4. The molecule has 3 aromatic rings.